The Hall–Kier alpha value is -2.92. The molecule has 30 heavy (non-hydrogen) atoms. The van der Waals surface area contributed by atoms with Gasteiger partial charge in [0.05, 0.1) is 10.7 Å². The number of hydrazine groups is 1. The van der Waals surface area contributed by atoms with Crippen molar-refractivity contribution in [3.63, 3.8) is 0 Å². The van der Waals surface area contributed by atoms with E-state index in [2.05, 4.69) is 26.8 Å². The van der Waals surface area contributed by atoms with Crippen LogP contribution in [-0.4, -0.2) is 35.1 Å². The quantitative estimate of drug-likeness (QED) is 0.261. The van der Waals surface area contributed by atoms with Gasteiger partial charge in [0, 0.05) is 27.1 Å². The average molecular weight is 496 g/mol. The smallest absolute Gasteiger partial charge is 0.316 e. The summed E-state index contributed by atoms with van der Waals surface area (Å²) < 4.78 is 5.88. The Kier molecular flexibility index (Phi) is 8.36. The molecule has 0 saturated heterocycles. The van der Waals surface area contributed by atoms with Crippen LogP contribution < -0.4 is 10.9 Å². The normalized spacial score (nSPS) is 10.2. The number of thioether (sulfide) groups is 1. The fourth-order valence-electron chi connectivity index (χ4n) is 2.20. The van der Waals surface area contributed by atoms with E-state index in [0.29, 0.717) is 0 Å². The molecule has 0 atom stereocenters. The van der Waals surface area contributed by atoms with Crippen molar-refractivity contribution in [3.05, 3.63) is 67.7 Å². The van der Waals surface area contributed by atoms with Gasteiger partial charge in [-0.2, -0.15) is 0 Å². The van der Waals surface area contributed by atoms with Crippen LogP contribution in [-0.2, 0) is 14.3 Å². The number of hydrogen-bond donors (Lipinski definition) is 2. The Balaban J connectivity index is 1.73. The fraction of sp³-hybridized carbons (Fsp3) is 0.211. The van der Waals surface area contributed by atoms with E-state index < -0.39 is 29.3 Å². The minimum Gasteiger partial charge on any atom is -0.455 e. The minimum atomic E-state index is -0.723. The van der Waals surface area contributed by atoms with Crippen LogP contribution in [0.3, 0.4) is 0 Å². The van der Waals surface area contributed by atoms with Gasteiger partial charge in [0.2, 0.25) is 0 Å². The summed E-state index contributed by atoms with van der Waals surface area (Å²) in [5, 5.41) is 10.6. The molecule has 0 saturated carbocycles. The van der Waals surface area contributed by atoms with Crippen molar-refractivity contribution < 1.29 is 24.0 Å². The molecule has 2 rings (SSSR count). The molecule has 0 aliphatic rings. The summed E-state index contributed by atoms with van der Waals surface area (Å²) in [5.41, 5.74) is 6.26. The van der Waals surface area contributed by atoms with E-state index in [-0.39, 0.29) is 17.0 Å². The van der Waals surface area contributed by atoms with E-state index in [0.717, 1.165) is 20.5 Å². The molecule has 158 valence electrons. The summed E-state index contributed by atoms with van der Waals surface area (Å²) >= 11 is 4.75. The van der Waals surface area contributed by atoms with Gasteiger partial charge in [-0.3, -0.25) is 35.3 Å². The third kappa shape index (κ3) is 6.85. The number of carbonyl (C=O) groups excluding carboxylic acids is 3. The van der Waals surface area contributed by atoms with Crippen LogP contribution in [0.1, 0.15) is 21.5 Å². The number of non-ortho nitro benzene ring substituents is 1. The molecule has 2 amide bonds. The maximum Gasteiger partial charge on any atom is 0.316 e. The van der Waals surface area contributed by atoms with E-state index in [9.17, 15) is 24.5 Å². The first-order valence-electron chi connectivity index (χ1n) is 8.56. The maximum atomic E-state index is 11.9. The fourth-order valence-corrected chi connectivity index (χ4v) is 3.56. The minimum absolute atomic E-state index is 0.0321. The lowest BCUT2D eigenvalue weighted by Gasteiger charge is -2.10. The molecular weight excluding hydrogens is 478 g/mol. The SMILES string of the molecule is Cc1cc(SCC(=O)OCC(=O)NNC(=O)c2ccc([N+](=O)[O-])cc2)c(C)cc1Br. The molecule has 0 aliphatic carbocycles. The first kappa shape index (κ1) is 23.4. The third-order valence-electron chi connectivity index (χ3n) is 3.82. The summed E-state index contributed by atoms with van der Waals surface area (Å²) in [6.07, 6.45) is 0. The number of amides is 2. The van der Waals surface area contributed by atoms with E-state index in [1.807, 2.05) is 26.0 Å². The molecule has 0 bridgehead atoms. The van der Waals surface area contributed by atoms with Crippen LogP contribution in [0, 0.1) is 24.0 Å². The number of nitro benzene ring substituents is 1. The van der Waals surface area contributed by atoms with Gasteiger partial charge in [-0.05, 0) is 49.2 Å². The van der Waals surface area contributed by atoms with Crippen molar-refractivity contribution in [2.24, 2.45) is 0 Å². The number of nitro groups is 1. The average Bonchev–Trinajstić information content (AvgIpc) is 2.72. The Bertz CT molecular complexity index is 981. The molecule has 2 N–H and O–H groups in total. The molecule has 2 aromatic rings. The predicted molar refractivity (Wildman–Crippen MR) is 114 cm³/mol. The predicted octanol–water partition coefficient (Wildman–Crippen LogP) is 3.07. The van der Waals surface area contributed by atoms with Crippen molar-refractivity contribution >= 4 is 51.2 Å². The van der Waals surface area contributed by atoms with Gasteiger partial charge in [-0.15, -0.1) is 11.8 Å². The van der Waals surface area contributed by atoms with Crippen LogP contribution in [0.5, 0.6) is 0 Å². The van der Waals surface area contributed by atoms with E-state index >= 15 is 0 Å². The molecule has 0 fully saturated rings. The highest BCUT2D eigenvalue weighted by Crippen LogP contribution is 2.28. The van der Waals surface area contributed by atoms with Gasteiger partial charge < -0.3 is 4.74 Å². The summed E-state index contributed by atoms with van der Waals surface area (Å²) in [7, 11) is 0. The Morgan fingerprint density at radius 2 is 1.77 bits per heavy atom. The maximum absolute atomic E-state index is 11.9. The molecule has 9 nitrogen and oxygen atoms in total. The van der Waals surface area contributed by atoms with Gasteiger partial charge in [0.15, 0.2) is 6.61 Å². The Morgan fingerprint density at radius 1 is 1.10 bits per heavy atom. The number of ether oxygens (including phenoxy) is 1. The summed E-state index contributed by atoms with van der Waals surface area (Å²) in [6.45, 7) is 3.32. The molecule has 0 aliphatic heterocycles. The van der Waals surface area contributed by atoms with Crippen LogP contribution in [0.4, 0.5) is 5.69 Å². The number of hydrogen-bond acceptors (Lipinski definition) is 7. The highest BCUT2D eigenvalue weighted by Gasteiger charge is 2.13. The van der Waals surface area contributed by atoms with Crippen LogP contribution in [0.2, 0.25) is 0 Å². The zero-order valence-electron chi connectivity index (χ0n) is 16.1. The second-order valence-corrected chi connectivity index (χ2v) is 7.99. The number of benzene rings is 2. The molecule has 0 aromatic heterocycles. The van der Waals surface area contributed by atoms with E-state index in [4.69, 9.17) is 4.74 Å². The second-order valence-electron chi connectivity index (χ2n) is 6.12. The second kappa shape index (κ2) is 10.7. The summed E-state index contributed by atoms with van der Waals surface area (Å²) in [6, 6.07) is 8.77. The summed E-state index contributed by atoms with van der Waals surface area (Å²) in [4.78, 5) is 46.4. The lowest BCUT2D eigenvalue weighted by atomic mass is 10.2. The standard InChI is InChI=1S/C19H18BrN3O6S/c1-11-8-16(12(2)7-15(11)20)30-10-18(25)29-9-17(24)21-22-19(26)13-3-5-14(6-4-13)23(27)28/h3-8H,9-10H2,1-2H3,(H,21,24)(H,22,26). The number of nitrogens with one attached hydrogen (secondary N) is 2. The largest absolute Gasteiger partial charge is 0.455 e. The van der Waals surface area contributed by atoms with Crippen LogP contribution >= 0.6 is 27.7 Å². The summed E-state index contributed by atoms with van der Waals surface area (Å²) in [5.74, 6) is -1.93. The highest BCUT2D eigenvalue weighted by atomic mass is 79.9. The van der Waals surface area contributed by atoms with Gasteiger partial charge in [0.25, 0.3) is 17.5 Å². The molecule has 0 spiro atoms. The molecule has 0 heterocycles. The first-order valence-corrected chi connectivity index (χ1v) is 10.3. The number of halogens is 1. The zero-order chi connectivity index (χ0) is 22.3. The Morgan fingerprint density at radius 3 is 2.40 bits per heavy atom. The van der Waals surface area contributed by atoms with Crippen molar-refractivity contribution in [1.29, 1.82) is 0 Å². The van der Waals surface area contributed by atoms with Crippen molar-refractivity contribution in [2.45, 2.75) is 18.7 Å². The number of aryl methyl sites for hydroxylation is 2. The molecule has 2 aromatic carbocycles. The van der Waals surface area contributed by atoms with Crippen LogP contribution in [0.25, 0.3) is 0 Å². The molecule has 0 unspecified atom stereocenters. The lowest BCUT2D eigenvalue weighted by molar-refractivity contribution is -0.384. The van der Waals surface area contributed by atoms with Gasteiger partial charge in [-0.25, -0.2) is 0 Å². The van der Waals surface area contributed by atoms with Gasteiger partial charge >= 0.3 is 5.97 Å². The first-order chi connectivity index (χ1) is 14.2. The Labute approximate surface area is 184 Å². The van der Waals surface area contributed by atoms with E-state index in [1.54, 1.807) is 0 Å². The molecular formula is C19H18BrN3O6S. The molecule has 0 radical (unpaired) electrons. The highest BCUT2D eigenvalue weighted by molar-refractivity contribution is 9.10. The van der Waals surface area contributed by atoms with Crippen molar-refractivity contribution in [3.8, 4) is 0 Å². The number of rotatable bonds is 7. The lowest BCUT2D eigenvalue weighted by Crippen LogP contribution is -2.43. The topological polar surface area (TPSA) is 128 Å². The van der Waals surface area contributed by atoms with E-state index in [1.165, 1.54) is 36.0 Å². The monoisotopic (exact) mass is 495 g/mol. The number of carbonyl (C=O) groups is 3. The number of esters is 1. The van der Waals surface area contributed by atoms with Gasteiger partial charge in [-0.1, -0.05) is 15.9 Å². The van der Waals surface area contributed by atoms with Gasteiger partial charge in [0.1, 0.15) is 0 Å². The van der Waals surface area contributed by atoms with Crippen LogP contribution in [0.15, 0.2) is 45.8 Å². The van der Waals surface area contributed by atoms with Crippen molar-refractivity contribution in [2.75, 3.05) is 12.4 Å². The third-order valence-corrected chi connectivity index (χ3v) is 5.81. The molecule has 11 heteroatoms. The zero-order valence-corrected chi connectivity index (χ0v) is 18.5. The van der Waals surface area contributed by atoms with Crippen molar-refractivity contribution in [1.82, 2.24) is 10.9 Å². The number of nitrogens with zero attached hydrogens (tertiary/aromatic N) is 1.